The molecule has 7 heteroatoms. The van der Waals surface area contributed by atoms with Gasteiger partial charge in [0, 0.05) is 11.8 Å². The van der Waals surface area contributed by atoms with Gasteiger partial charge in [0.25, 0.3) is 0 Å². The van der Waals surface area contributed by atoms with Gasteiger partial charge in [0.15, 0.2) is 11.5 Å². The Morgan fingerprint density at radius 1 is 1.10 bits per heavy atom. The van der Waals surface area contributed by atoms with Crippen molar-refractivity contribution < 1.29 is 27.8 Å². The van der Waals surface area contributed by atoms with Crippen molar-refractivity contribution in [2.75, 3.05) is 0 Å². The zero-order valence-corrected chi connectivity index (χ0v) is 11.0. The first kappa shape index (κ1) is 15.1. The monoisotopic (exact) mass is 299 g/mol. The van der Waals surface area contributed by atoms with Crippen molar-refractivity contribution in [3.63, 3.8) is 0 Å². The number of nitrogens with zero attached hydrogens (tertiary/aromatic N) is 1. The second-order valence-electron chi connectivity index (χ2n) is 4.15. The predicted octanol–water partition coefficient (Wildman–Crippen LogP) is 3.57. The molecule has 0 aliphatic carbocycles. The number of aryl methyl sites for hydroxylation is 1. The molecular weight excluding hydrogens is 287 g/mol. The molecule has 0 unspecified atom stereocenters. The Morgan fingerprint density at radius 2 is 1.76 bits per heavy atom. The van der Waals surface area contributed by atoms with E-state index in [0.717, 1.165) is 6.07 Å². The maximum atomic E-state index is 12.3. The average molecular weight is 299 g/mol. The van der Waals surface area contributed by atoms with E-state index in [1.54, 1.807) is 13.0 Å². The SMILES string of the molecule is Cc1nc(Oc2ccccc2OC(F)(F)F)ccc1CO. The molecule has 1 heterocycles. The molecule has 0 amide bonds. The molecule has 4 nitrogen and oxygen atoms in total. The number of benzene rings is 1. The Bertz CT molecular complexity index is 629. The summed E-state index contributed by atoms with van der Waals surface area (Å²) in [7, 11) is 0. The van der Waals surface area contributed by atoms with Crippen molar-refractivity contribution in [3.8, 4) is 17.4 Å². The summed E-state index contributed by atoms with van der Waals surface area (Å²) in [4.78, 5) is 4.06. The zero-order chi connectivity index (χ0) is 15.5. The van der Waals surface area contributed by atoms with Crippen LogP contribution in [0.25, 0.3) is 0 Å². The van der Waals surface area contributed by atoms with E-state index in [-0.39, 0.29) is 18.2 Å². The molecule has 2 rings (SSSR count). The fourth-order valence-corrected chi connectivity index (χ4v) is 1.65. The molecule has 0 fully saturated rings. The average Bonchev–Trinajstić information content (AvgIpc) is 2.40. The van der Waals surface area contributed by atoms with Crippen LogP contribution in [0.3, 0.4) is 0 Å². The Hall–Kier alpha value is -2.28. The van der Waals surface area contributed by atoms with Gasteiger partial charge in [-0.3, -0.25) is 0 Å². The maximum Gasteiger partial charge on any atom is 0.573 e. The minimum absolute atomic E-state index is 0.0986. The van der Waals surface area contributed by atoms with Gasteiger partial charge in [0.2, 0.25) is 5.88 Å². The van der Waals surface area contributed by atoms with Crippen molar-refractivity contribution in [1.82, 2.24) is 4.98 Å². The van der Waals surface area contributed by atoms with Gasteiger partial charge < -0.3 is 14.6 Å². The summed E-state index contributed by atoms with van der Waals surface area (Å²) in [6.45, 7) is 1.49. The third-order valence-corrected chi connectivity index (χ3v) is 2.63. The Labute approximate surface area is 118 Å². The van der Waals surface area contributed by atoms with Crippen molar-refractivity contribution in [2.45, 2.75) is 19.9 Å². The highest BCUT2D eigenvalue weighted by Crippen LogP contribution is 2.34. The first-order chi connectivity index (χ1) is 9.89. The highest BCUT2D eigenvalue weighted by Gasteiger charge is 2.32. The number of aromatic nitrogens is 1. The van der Waals surface area contributed by atoms with Crippen LogP contribution in [0.5, 0.6) is 17.4 Å². The van der Waals surface area contributed by atoms with Gasteiger partial charge in [0.1, 0.15) is 0 Å². The lowest BCUT2D eigenvalue weighted by Crippen LogP contribution is -2.17. The van der Waals surface area contributed by atoms with E-state index in [4.69, 9.17) is 9.84 Å². The van der Waals surface area contributed by atoms with Gasteiger partial charge in [-0.1, -0.05) is 12.1 Å². The molecule has 2 aromatic rings. The molecule has 0 aliphatic heterocycles. The largest absolute Gasteiger partial charge is 0.573 e. The minimum atomic E-state index is -4.80. The summed E-state index contributed by atoms with van der Waals surface area (Å²) in [6.07, 6.45) is -4.80. The minimum Gasteiger partial charge on any atom is -0.435 e. The molecule has 1 N–H and O–H groups in total. The molecule has 0 spiro atoms. The molecule has 112 valence electrons. The van der Waals surface area contributed by atoms with E-state index < -0.39 is 12.1 Å². The lowest BCUT2D eigenvalue weighted by Gasteiger charge is -2.13. The Kier molecular flexibility index (Phi) is 4.32. The third kappa shape index (κ3) is 4.09. The van der Waals surface area contributed by atoms with E-state index in [0.29, 0.717) is 11.3 Å². The number of aliphatic hydroxyl groups excluding tert-OH is 1. The van der Waals surface area contributed by atoms with E-state index in [2.05, 4.69) is 9.72 Å². The van der Waals surface area contributed by atoms with Crippen molar-refractivity contribution in [2.24, 2.45) is 0 Å². The molecule has 0 aliphatic rings. The summed E-state index contributed by atoms with van der Waals surface area (Å²) < 4.78 is 46.1. The summed E-state index contributed by atoms with van der Waals surface area (Å²) in [5, 5.41) is 9.04. The van der Waals surface area contributed by atoms with Crippen LogP contribution < -0.4 is 9.47 Å². The van der Waals surface area contributed by atoms with E-state index in [1.165, 1.54) is 24.3 Å². The molecule has 0 atom stereocenters. The standard InChI is InChI=1S/C14H12F3NO3/c1-9-10(8-19)6-7-13(18-9)20-11-4-2-3-5-12(11)21-14(15,16)17/h2-7,19H,8H2,1H3. The lowest BCUT2D eigenvalue weighted by molar-refractivity contribution is -0.275. The number of hydrogen-bond acceptors (Lipinski definition) is 4. The van der Waals surface area contributed by atoms with Crippen LogP contribution in [0.15, 0.2) is 36.4 Å². The fourth-order valence-electron chi connectivity index (χ4n) is 1.65. The Morgan fingerprint density at radius 3 is 2.33 bits per heavy atom. The molecular formula is C14H12F3NO3. The third-order valence-electron chi connectivity index (χ3n) is 2.63. The number of pyridine rings is 1. The number of para-hydroxylation sites is 2. The molecule has 0 saturated heterocycles. The van der Waals surface area contributed by atoms with Crippen molar-refractivity contribution >= 4 is 0 Å². The van der Waals surface area contributed by atoms with Crippen LogP contribution >= 0.6 is 0 Å². The highest BCUT2D eigenvalue weighted by atomic mass is 19.4. The maximum absolute atomic E-state index is 12.3. The number of aliphatic hydroxyl groups is 1. The van der Waals surface area contributed by atoms with Gasteiger partial charge in [-0.2, -0.15) is 0 Å². The molecule has 1 aromatic carbocycles. The van der Waals surface area contributed by atoms with Gasteiger partial charge in [-0.05, 0) is 30.7 Å². The molecule has 0 saturated carbocycles. The highest BCUT2D eigenvalue weighted by molar-refractivity contribution is 5.42. The van der Waals surface area contributed by atoms with Gasteiger partial charge >= 0.3 is 6.36 Å². The first-order valence-corrected chi connectivity index (χ1v) is 5.99. The van der Waals surface area contributed by atoms with Crippen LogP contribution in [0.2, 0.25) is 0 Å². The summed E-state index contributed by atoms with van der Waals surface area (Å²) in [6, 6.07) is 8.47. The number of alkyl halides is 3. The number of hydrogen-bond donors (Lipinski definition) is 1. The number of rotatable bonds is 4. The Balaban J connectivity index is 2.25. The summed E-state index contributed by atoms with van der Waals surface area (Å²) in [5.74, 6) is -0.433. The zero-order valence-electron chi connectivity index (χ0n) is 11.0. The van der Waals surface area contributed by atoms with Gasteiger partial charge in [-0.15, -0.1) is 13.2 Å². The topological polar surface area (TPSA) is 51.6 Å². The van der Waals surface area contributed by atoms with Crippen LogP contribution in [0.4, 0.5) is 13.2 Å². The second kappa shape index (κ2) is 6.01. The predicted molar refractivity (Wildman–Crippen MR) is 68.1 cm³/mol. The van der Waals surface area contributed by atoms with E-state index in [1.807, 2.05) is 0 Å². The summed E-state index contributed by atoms with van der Waals surface area (Å²) in [5.41, 5.74) is 1.14. The summed E-state index contributed by atoms with van der Waals surface area (Å²) >= 11 is 0. The molecule has 21 heavy (non-hydrogen) atoms. The lowest BCUT2D eigenvalue weighted by atomic mass is 10.2. The fraction of sp³-hybridized carbons (Fsp3) is 0.214. The second-order valence-corrected chi connectivity index (χ2v) is 4.15. The number of halogens is 3. The molecule has 1 aromatic heterocycles. The first-order valence-electron chi connectivity index (χ1n) is 5.99. The number of ether oxygens (including phenoxy) is 2. The van der Waals surface area contributed by atoms with Crippen LogP contribution in [-0.2, 0) is 6.61 Å². The van der Waals surface area contributed by atoms with E-state index >= 15 is 0 Å². The normalized spacial score (nSPS) is 11.3. The van der Waals surface area contributed by atoms with Crippen molar-refractivity contribution in [3.05, 3.63) is 47.7 Å². The van der Waals surface area contributed by atoms with Gasteiger partial charge in [0.05, 0.1) is 6.61 Å². The van der Waals surface area contributed by atoms with E-state index in [9.17, 15) is 13.2 Å². The van der Waals surface area contributed by atoms with Crippen LogP contribution in [0, 0.1) is 6.92 Å². The van der Waals surface area contributed by atoms with Gasteiger partial charge in [-0.25, -0.2) is 4.98 Å². The van der Waals surface area contributed by atoms with Crippen molar-refractivity contribution in [1.29, 1.82) is 0 Å². The smallest absolute Gasteiger partial charge is 0.435 e. The van der Waals surface area contributed by atoms with Crippen LogP contribution in [0.1, 0.15) is 11.3 Å². The van der Waals surface area contributed by atoms with Crippen LogP contribution in [-0.4, -0.2) is 16.5 Å². The molecule has 0 bridgehead atoms. The quantitative estimate of drug-likeness (QED) is 0.937. The molecule has 0 radical (unpaired) electrons.